The van der Waals surface area contributed by atoms with Crippen molar-refractivity contribution in [1.29, 1.82) is 0 Å². The highest BCUT2D eigenvalue weighted by molar-refractivity contribution is 5.95. The molecule has 5 nitrogen and oxygen atoms in total. The van der Waals surface area contributed by atoms with Crippen molar-refractivity contribution in [3.05, 3.63) is 59.4 Å². The van der Waals surface area contributed by atoms with E-state index in [0.717, 1.165) is 31.7 Å². The minimum absolute atomic E-state index is 0.0331. The first-order valence-corrected chi connectivity index (χ1v) is 8.49. The van der Waals surface area contributed by atoms with E-state index >= 15 is 0 Å². The molecule has 2 aromatic rings. The van der Waals surface area contributed by atoms with Crippen LogP contribution in [0.15, 0.2) is 42.6 Å². The Morgan fingerprint density at radius 3 is 2.79 bits per heavy atom. The van der Waals surface area contributed by atoms with Gasteiger partial charge in [-0.05, 0) is 31.5 Å². The molecule has 5 heteroatoms. The predicted molar refractivity (Wildman–Crippen MR) is 93.7 cm³/mol. The van der Waals surface area contributed by atoms with Gasteiger partial charge in [-0.2, -0.15) is 0 Å². The number of aromatic amines is 1. The highest BCUT2D eigenvalue weighted by atomic mass is 16.3. The van der Waals surface area contributed by atoms with Crippen molar-refractivity contribution in [3.8, 4) is 0 Å². The van der Waals surface area contributed by atoms with Crippen molar-refractivity contribution in [2.24, 2.45) is 5.92 Å². The first-order valence-electron chi connectivity index (χ1n) is 8.49. The Morgan fingerprint density at radius 2 is 2.12 bits per heavy atom. The zero-order chi connectivity index (χ0) is 16.9. The number of likely N-dealkylation sites (tertiary alicyclic amines) is 1. The largest absolute Gasteiger partial charge is 0.396 e. The quantitative estimate of drug-likeness (QED) is 0.786. The molecule has 1 saturated heterocycles. The van der Waals surface area contributed by atoms with Crippen molar-refractivity contribution < 1.29 is 9.90 Å². The zero-order valence-corrected chi connectivity index (χ0v) is 14.0. The SMILES string of the molecule is Cc1[nH]ccc1C(=O)N[C@@H]1CN(Cc2ccccc2)CC[C@@H]1CO. The minimum atomic E-state index is -0.0706. The first-order chi connectivity index (χ1) is 11.7. The molecule has 0 aliphatic carbocycles. The lowest BCUT2D eigenvalue weighted by atomic mass is 9.91. The van der Waals surface area contributed by atoms with Crippen LogP contribution in [0.4, 0.5) is 0 Å². The second kappa shape index (κ2) is 7.64. The zero-order valence-electron chi connectivity index (χ0n) is 14.0. The van der Waals surface area contributed by atoms with Gasteiger partial charge < -0.3 is 15.4 Å². The number of carbonyl (C=O) groups is 1. The smallest absolute Gasteiger partial charge is 0.253 e. The number of piperidine rings is 1. The lowest BCUT2D eigenvalue weighted by Crippen LogP contribution is -2.53. The average Bonchev–Trinajstić information content (AvgIpc) is 3.02. The standard InChI is InChI=1S/C19H25N3O2/c1-14-17(7-9-20-14)19(24)21-18-12-22(10-8-16(18)13-23)11-15-5-3-2-4-6-15/h2-7,9,16,18,20,23H,8,10-13H2,1H3,(H,21,24)/t16-,18-/m1/s1. The third kappa shape index (κ3) is 3.86. The van der Waals surface area contributed by atoms with Gasteiger partial charge in [-0.25, -0.2) is 0 Å². The van der Waals surface area contributed by atoms with Gasteiger partial charge in [0.25, 0.3) is 5.91 Å². The fourth-order valence-corrected chi connectivity index (χ4v) is 3.38. The number of rotatable bonds is 5. The van der Waals surface area contributed by atoms with Crippen LogP contribution in [0.5, 0.6) is 0 Å². The van der Waals surface area contributed by atoms with Crippen LogP contribution in [-0.4, -0.2) is 46.6 Å². The van der Waals surface area contributed by atoms with E-state index in [4.69, 9.17) is 0 Å². The van der Waals surface area contributed by atoms with Crippen LogP contribution >= 0.6 is 0 Å². The number of hydrogen-bond acceptors (Lipinski definition) is 3. The summed E-state index contributed by atoms with van der Waals surface area (Å²) in [7, 11) is 0. The Balaban J connectivity index is 1.65. The molecule has 1 fully saturated rings. The Hall–Kier alpha value is -2.11. The van der Waals surface area contributed by atoms with Crippen LogP contribution in [0.3, 0.4) is 0 Å². The van der Waals surface area contributed by atoms with Crippen LogP contribution in [0.1, 0.15) is 28.0 Å². The average molecular weight is 327 g/mol. The van der Waals surface area contributed by atoms with E-state index in [0.29, 0.717) is 5.56 Å². The second-order valence-electron chi connectivity index (χ2n) is 6.55. The lowest BCUT2D eigenvalue weighted by molar-refractivity contribution is 0.0730. The van der Waals surface area contributed by atoms with E-state index in [1.807, 2.05) is 25.1 Å². The van der Waals surface area contributed by atoms with Crippen LogP contribution in [-0.2, 0) is 6.54 Å². The van der Waals surface area contributed by atoms with Crippen molar-refractivity contribution >= 4 is 5.91 Å². The van der Waals surface area contributed by atoms with Crippen LogP contribution in [0, 0.1) is 12.8 Å². The fourth-order valence-electron chi connectivity index (χ4n) is 3.38. The van der Waals surface area contributed by atoms with Crippen LogP contribution in [0.2, 0.25) is 0 Å². The van der Waals surface area contributed by atoms with E-state index in [9.17, 15) is 9.90 Å². The van der Waals surface area contributed by atoms with E-state index in [1.165, 1.54) is 5.56 Å². The number of benzene rings is 1. The maximum Gasteiger partial charge on any atom is 0.253 e. The number of carbonyl (C=O) groups excluding carboxylic acids is 1. The third-order valence-corrected chi connectivity index (χ3v) is 4.84. The van der Waals surface area contributed by atoms with Gasteiger partial charge in [-0.3, -0.25) is 9.69 Å². The molecule has 0 bridgehead atoms. The molecule has 1 aliphatic heterocycles. The number of nitrogens with one attached hydrogen (secondary N) is 2. The number of amides is 1. The number of aliphatic hydroxyl groups excluding tert-OH is 1. The molecule has 128 valence electrons. The van der Waals surface area contributed by atoms with Gasteiger partial charge in [0.05, 0.1) is 5.56 Å². The molecule has 0 saturated carbocycles. The van der Waals surface area contributed by atoms with Gasteiger partial charge in [-0.15, -0.1) is 0 Å². The highest BCUT2D eigenvalue weighted by Crippen LogP contribution is 2.20. The molecule has 1 aromatic heterocycles. The number of aryl methyl sites for hydroxylation is 1. The van der Waals surface area contributed by atoms with Gasteiger partial charge in [0.15, 0.2) is 0 Å². The summed E-state index contributed by atoms with van der Waals surface area (Å²) < 4.78 is 0. The number of hydrogen-bond donors (Lipinski definition) is 3. The first kappa shape index (κ1) is 16.7. The molecule has 24 heavy (non-hydrogen) atoms. The van der Waals surface area contributed by atoms with Crippen molar-refractivity contribution in [2.45, 2.75) is 25.9 Å². The maximum absolute atomic E-state index is 12.5. The van der Waals surface area contributed by atoms with E-state index < -0.39 is 0 Å². The van der Waals surface area contributed by atoms with Crippen LogP contribution < -0.4 is 5.32 Å². The second-order valence-corrected chi connectivity index (χ2v) is 6.55. The minimum Gasteiger partial charge on any atom is -0.396 e. The molecule has 2 atom stereocenters. The summed E-state index contributed by atoms with van der Waals surface area (Å²) in [5.41, 5.74) is 2.81. The number of nitrogens with zero attached hydrogens (tertiary/aromatic N) is 1. The summed E-state index contributed by atoms with van der Waals surface area (Å²) in [6.45, 7) is 4.57. The molecule has 1 aromatic carbocycles. The summed E-state index contributed by atoms with van der Waals surface area (Å²) in [5, 5.41) is 12.8. The summed E-state index contributed by atoms with van der Waals surface area (Å²) in [5.74, 6) is 0.0407. The highest BCUT2D eigenvalue weighted by Gasteiger charge is 2.30. The molecule has 0 unspecified atom stereocenters. The molecular weight excluding hydrogens is 302 g/mol. The molecule has 1 aliphatic rings. The Morgan fingerprint density at radius 1 is 1.33 bits per heavy atom. The summed E-state index contributed by atoms with van der Waals surface area (Å²) in [6, 6.07) is 12.1. The van der Waals surface area contributed by atoms with Gasteiger partial charge >= 0.3 is 0 Å². The van der Waals surface area contributed by atoms with Crippen molar-refractivity contribution in [2.75, 3.05) is 19.7 Å². The molecule has 3 rings (SSSR count). The monoisotopic (exact) mass is 327 g/mol. The molecule has 3 N–H and O–H groups in total. The Bertz CT molecular complexity index is 668. The normalized spacial score (nSPS) is 21.6. The van der Waals surface area contributed by atoms with E-state index in [-0.39, 0.29) is 24.5 Å². The van der Waals surface area contributed by atoms with E-state index in [2.05, 4.69) is 27.3 Å². The molecule has 0 radical (unpaired) electrons. The number of aromatic nitrogens is 1. The fraction of sp³-hybridized carbons (Fsp3) is 0.421. The Kier molecular flexibility index (Phi) is 5.33. The number of aliphatic hydroxyl groups is 1. The maximum atomic E-state index is 12.5. The van der Waals surface area contributed by atoms with Gasteiger partial charge in [0.1, 0.15) is 0 Å². The van der Waals surface area contributed by atoms with Crippen LogP contribution in [0.25, 0.3) is 0 Å². The van der Waals surface area contributed by atoms with Gasteiger partial charge in [0.2, 0.25) is 0 Å². The van der Waals surface area contributed by atoms with Gasteiger partial charge in [-0.1, -0.05) is 30.3 Å². The van der Waals surface area contributed by atoms with E-state index in [1.54, 1.807) is 12.3 Å². The summed E-state index contributed by atoms with van der Waals surface area (Å²) >= 11 is 0. The third-order valence-electron chi connectivity index (χ3n) is 4.84. The van der Waals surface area contributed by atoms with Crippen molar-refractivity contribution in [3.63, 3.8) is 0 Å². The van der Waals surface area contributed by atoms with Gasteiger partial charge in [0, 0.05) is 43.5 Å². The molecular formula is C19H25N3O2. The number of H-pyrrole nitrogens is 1. The lowest BCUT2D eigenvalue weighted by Gasteiger charge is -2.38. The summed E-state index contributed by atoms with van der Waals surface area (Å²) in [4.78, 5) is 17.9. The summed E-state index contributed by atoms with van der Waals surface area (Å²) in [6.07, 6.45) is 2.66. The van der Waals surface area contributed by atoms with Crippen molar-refractivity contribution in [1.82, 2.24) is 15.2 Å². The molecule has 0 spiro atoms. The topological polar surface area (TPSA) is 68.4 Å². The predicted octanol–water partition coefficient (Wildman–Crippen LogP) is 1.94. The molecule has 2 heterocycles. The molecule has 1 amide bonds. The Labute approximate surface area is 142 Å².